The van der Waals surface area contributed by atoms with Crippen LogP contribution in [0.5, 0.6) is 5.75 Å². The van der Waals surface area contributed by atoms with E-state index in [1.54, 1.807) is 18.2 Å². The third-order valence-corrected chi connectivity index (χ3v) is 4.19. The Morgan fingerprint density at radius 1 is 1.20 bits per heavy atom. The van der Waals surface area contributed by atoms with Crippen LogP contribution in [0.3, 0.4) is 0 Å². The molecule has 0 saturated heterocycles. The second-order valence-electron chi connectivity index (χ2n) is 5.61. The van der Waals surface area contributed by atoms with Crippen LogP contribution in [0.1, 0.15) is 50.0 Å². The maximum absolute atomic E-state index is 13.4. The lowest BCUT2D eigenvalue weighted by molar-refractivity contribution is -0.155. The average Bonchev–Trinajstić information content (AvgIpc) is 2.45. The highest BCUT2D eigenvalue weighted by molar-refractivity contribution is 5.31. The van der Waals surface area contributed by atoms with Gasteiger partial charge < -0.3 is 4.74 Å². The Labute approximate surface area is 118 Å². The van der Waals surface area contributed by atoms with Gasteiger partial charge in [0, 0.05) is 0 Å². The summed E-state index contributed by atoms with van der Waals surface area (Å²) in [6.45, 7) is 0. The molecule has 0 amide bonds. The van der Waals surface area contributed by atoms with E-state index < -0.39 is 12.1 Å². The fourth-order valence-electron chi connectivity index (χ4n) is 3.07. The van der Waals surface area contributed by atoms with Crippen molar-refractivity contribution in [3.05, 3.63) is 29.8 Å². The maximum atomic E-state index is 13.4. The van der Waals surface area contributed by atoms with E-state index in [4.69, 9.17) is 4.74 Å². The Bertz CT molecular complexity index is 422. The maximum Gasteiger partial charge on any atom is 0.395 e. The number of methoxy groups -OCH3 is 1. The van der Waals surface area contributed by atoms with Crippen LogP contribution < -0.4 is 4.74 Å². The summed E-state index contributed by atoms with van der Waals surface area (Å²) in [4.78, 5) is 0. The molecule has 20 heavy (non-hydrogen) atoms. The molecule has 0 bridgehead atoms. The summed E-state index contributed by atoms with van der Waals surface area (Å²) in [6.07, 6.45) is 1.15. The zero-order valence-corrected chi connectivity index (χ0v) is 11.7. The van der Waals surface area contributed by atoms with Crippen molar-refractivity contribution in [2.24, 2.45) is 5.92 Å². The van der Waals surface area contributed by atoms with Gasteiger partial charge in [0.2, 0.25) is 0 Å². The molecule has 2 rings (SSSR count). The minimum absolute atomic E-state index is 0.196. The Balaban J connectivity index is 2.18. The molecule has 1 aromatic rings. The number of hydrogen-bond donors (Lipinski definition) is 0. The summed E-state index contributed by atoms with van der Waals surface area (Å²) in [5.41, 5.74) is 0.322. The molecule has 0 radical (unpaired) electrons. The fourth-order valence-corrected chi connectivity index (χ4v) is 3.07. The van der Waals surface area contributed by atoms with Crippen LogP contribution >= 0.6 is 0 Å². The molecule has 0 N–H and O–H groups in total. The summed E-state index contributed by atoms with van der Waals surface area (Å²) in [5.74, 6) is -0.692. The normalized spacial score (nSPS) is 18.8. The van der Waals surface area contributed by atoms with Crippen LogP contribution in [-0.2, 0) is 0 Å². The van der Waals surface area contributed by atoms with E-state index in [1.165, 1.54) is 13.2 Å². The number of benzene rings is 1. The lowest BCUT2D eigenvalue weighted by Gasteiger charge is -2.28. The number of alkyl halides is 3. The van der Waals surface area contributed by atoms with Crippen molar-refractivity contribution in [2.45, 2.75) is 50.6 Å². The van der Waals surface area contributed by atoms with Gasteiger partial charge in [-0.1, -0.05) is 44.2 Å². The SMILES string of the molecule is COc1cccc(C(CC2CCCCC2)C(F)(F)F)c1. The van der Waals surface area contributed by atoms with Crippen molar-refractivity contribution in [3.8, 4) is 5.75 Å². The van der Waals surface area contributed by atoms with Crippen molar-refractivity contribution in [2.75, 3.05) is 7.11 Å². The standard InChI is InChI=1S/C16H21F3O/c1-20-14-9-5-8-13(11-14)15(16(17,18)19)10-12-6-3-2-4-7-12/h5,8-9,11-12,15H,2-4,6-7,10H2,1H3. The summed E-state index contributed by atoms with van der Waals surface area (Å²) in [7, 11) is 1.48. The first-order chi connectivity index (χ1) is 9.50. The molecule has 0 spiro atoms. The average molecular weight is 286 g/mol. The van der Waals surface area contributed by atoms with Crippen LogP contribution in [0.2, 0.25) is 0 Å². The van der Waals surface area contributed by atoms with Gasteiger partial charge in [-0.25, -0.2) is 0 Å². The second kappa shape index (κ2) is 6.51. The molecule has 1 unspecified atom stereocenters. The van der Waals surface area contributed by atoms with E-state index in [2.05, 4.69) is 0 Å². The molecule has 112 valence electrons. The first-order valence-corrected chi connectivity index (χ1v) is 7.21. The number of halogens is 3. The summed E-state index contributed by atoms with van der Waals surface area (Å²) < 4.78 is 45.1. The highest BCUT2D eigenvalue weighted by atomic mass is 19.4. The molecule has 1 aromatic carbocycles. The first kappa shape index (κ1) is 15.2. The second-order valence-corrected chi connectivity index (χ2v) is 5.61. The van der Waals surface area contributed by atoms with Crippen LogP contribution in [0.4, 0.5) is 13.2 Å². The van der Waals surface area contributed by atoms with Crippen LogP contribution in [0.25, 0.3) is 0 Å². The van der Waals surface area contributed by atoms with E-state index in [-0.39, 0.29) is 12.3 Å². The molecular weight excluding hydrogens is 265 g/mol. The lowest BCUT2D eigenvalue weighted by atomic mass is 9.80. The van der Waals surface area contributed by atoms with E-state index in [9.17, 15) is 13.2 Å². The molecule has 0 heterocycles. The predicted molar refractivity (Wildman–Crippen MR) is 73.0 cm³/mol. The number of ether oxygens (including phenoxy) is 1. The lowest BCUT2D eigenvalue weighted by Crippen LogP contribution is -2.24. The van der Waals surface area contributed by atoms with Gasteiger partial charge >= 0.3 is 6.18 Å². The molecule has 1 aliphatic carbocycles. The molecule has 1 fully saturated rings. The van der Waals surface area contributed by atoms with Crippen LogP contribution in [0.15, 0.2) is 24.3 Å². The third-order valence-electron chi connectivity index (χ3n) is 4.19. The number of rotatable bonds is 4. The van der Waals surface area contributed by atoms with Gasteiger partial charge in [-0.15, -0.1) is 0 Å². The molecule has 4 heteroatoms. The largest absolute Gasteiger partial charge is 0.497 e. The van der Waals surface area contributed by atoms with E-state index in [0.29, 0.717) is 11.3 Å². The topological polar surface area (TPSA) is 9.23 Å². The molecule has 1 aliphatic rings. The van der Waals surface area contributed by atoms with Gasteiger partial charge in [-0.3, -0.25) is 0 Å². The highest BCUT2D eigenvalue weighted by Gasteiger charge is 2.41. The van der Waals surface area contributed by atoms with E-state index >= 15 is 0 Å². The zero-order valence-electron chi connectivity index (χ0n) is 11.7. The molecule has 0 aromatic heterocycles. The molecule has 0 aliphatic heterocycles. The molecule has 1 nitrogen and oxygen atoms in total. The number of hydrogen-bond acceptors (Lipinski definition) is 1. The van der Waals surface area contributed by atoms with Gasteiger partial charge in [0.15, 0.2) is 0 Å². The quantitative estimate of drug-likeness (QED) is 0.728. The molecular formula is C16H21F3O. The summed E-state index contributed by atoms with van der Waals surface area (Å²) in [5, 5.41) is 0. The molecule has 1 atom stereocenters. The van der Waals surface area contributed by atoms with Gasteiger partial charge in [0.05, 0.1) is 13.0 Å². The summed E-state index contributed by atoms with van der Waals surface area (Å²) in [6, 6.07) is 6.38. The van der Waals surface area contributed by atoms with Crippen LogP contribution in [-0.4, -0.2) is 13.3 Å². The van der Waals surface area contributed by atoms with Gasteiger partial charge in [0.25, 0.3) is 0 Å². The predicted octanol–water partition coefficient (Wildman–Crippen LogP) is 5.31. The smallest absolute Gasteiger partial charge is 0.395 e. The Kier molecular flexibility index (Phi) is 4.95. The van der Waals surface area contributed by atoms with E-state index in [1.807, 2.05) is 0 Å². The van der Waals surface area contributed by atoms with Crippen molar-refractivity contribution in [3.63, 3.8) is 0 Å². The third kappa shape index (κ3) is 3.90. The Morgan fingerprint density at radius 2 is 1.90 bits per heavy atom. The van der Waals surface area contributed by atoms with Crippen molar-refractivity contribution >= 4 is 0 Å². The fraction of sp³-hybridized carbons (Fsp3) is 0.625. The minimum atomic E-state index is -4.19. The Hall–Kier alpha value is -1.19. The van der Waals surface area contributed by atoms with Crippen molar-refractivity contribution in [1.82, 2.24) is 0 Å². The monoisotopic (exact) mass is 286 g/mol. The molecule has 1 saturated carbocycles. The van der Waals surface area contributed by atoms with Crippen LogP contribution in [0, 0.1) is 5.92 Å². The Morgan fingerprint density at radius 3 is 2.50 bits per heavy atom. The van der Waals surface area contributed by atoms with Gasteiger partial charge in [0.1, 0.15) is 5.75 Å². The highest BCUT2D eigenvalue weighted by Crippen LogP contribution is 2.43. The van der Waals surface area contributed by atoms with Gasteiger partial charge in [-0.05, 0) is 30.0 Å². The van der Waals surface area contributed by atoms with Crippen molar-refractivity contribution in [1.29, 1.82) is 0 Å². The zero-order chi connectivity index (χ0) is 14.6. The minimum Gasteiger partial charge on any atom is -0.497 e. The van der Waals surface area contributed by atoms with E-state index in [0.717, 1.165) is 32.1 Å². The first-order valence-electron chi connectivity index (χ1n) is 7.21. The van der Waals surface area contributed by atoms with Crippen molar-refractivity contribution < 1.29 is 17.9 Å². The summed E-state index contributed by atoms with van der Waals surface area (Å²) >= 11 is 0. The van der Waals surface area contributed by atoms with Gasteiger partial charge in [-0.2, -0.15) is 13.2 Å².